The van der Waals surface area contributed by atoms with E-state index in [4.69, 9.17) is 0 Å². The maximum absolute atomic E-state index is 2.65. The molecule has 1 heteroatoms. The lowest BCUT2D eigenvalue weighted by Gasteiger charge is -2.35. The van der Waals surface area contributed by atoms with E-state index < -0.39 is 0 Å². The highest BCUT2D eigenvalue weighted by Crippen LogP contribution is 2.23. The van der Waals surface area contributed by atoms with Crippen molar-refractivity contribution in [2.24, 2.45) is 0 Å². The average Bonchev–Trinajstić information content (AvgIpc) is 2.30. The summed E-state index contributed by atoms with van der Waals surface area (Å²) in [5.74, 6) is 0. The second-order valence-corrected chi connectivity index (χ2v) is 4.96. The molecular weight excluding hydrogens is 194 g/mol. The summed E-state index contributed by atoms with van der Waals surface area (Å²) in [6.07, 6.45) is 3.78. The van der Waals surface area contributed by atoms with Crippen LogP contribution in [0.2, 0.25) is 0 Å². The van der Waals surface area contributed by atoms with E-state index in [1.165, 1.54) is 31.4 Å². The van der Waals surface area contributed by atoms with Crippen LogP contribution in [0, 0.1) is 6.92 Å². The van der Waals surface area contributed by atoms with Gasteiger partial charge in [-0.2, -0.15) is 0 Å². The van der Waals surface area contributed by atoms with E-state index in [1.54, 1.807) is 11.1 Å². The zero-order valence-electron chi connectivity index (χ0n) is 10.8. The molecule has 0 amide bonds. The van der Waals surface area contributed by atoms with Crippen molar-refractivity contribution in [1.82, 2.24) is 4.90 Å². The Balaban J connectivity index is 2.16. The summed E-state index contributed by atoms with van der Waals surface area (Å²) in [6, 6.07) is 7.69. The lowest BCUT2D eigenvalue weighted by molar-refractivity contribution is 0.169. The summed E-state index contributed by atoms with van der Waals surface area (Å²) in [7, 11) is 0. The first-order valence-corrected chi connectivity index (χ1v) is 6.57. The Labute approximate surface area is 99.5 Å². The van der Waals surface area contributed by atoms with Crippen molar-refractivity contribution in [3.8, 4) is 0 Å². The van der Waals surface area contributed by atoms with Crippen LogP contribution in [0.5, 0.6) is 0 Å². The fourth-order valence-corrected chi connectivity index (χ4v) is 2.82. The van der Waals surface area contributed by atoms with Crippen LogP contribution in [-0.4, -0.2) is 17.5 Å². The molecule has 0 bridgehead atoms. The van der Waals surface area contributed by atoms with E-state index in [0.29, 0.717) is 0 Å². The molecule has 2 rings (SSSR count). The molecule has 0 N–H and O–H groups in total. The summed E-state index contributed by atoms with van der Waals surface area (Å²) in [5, 5.41) is 0. The Bertz CT molecular complexity index is 352. The highest BCUT2D eigenvalue weighted by Gasteiger charge is 2.20. The number of nitrogens with zero attached hydrogens (tertiary/aromatic N) is 1. The Kier molecular flexibility index (Phi) is 3.65. The molecule has 1 aliphatic rings. The van der Waals surface area contributed by atoms with Crippen molar-refractivity contribution in [2.45, 2.75) is 52.6 Å². The van der Waals surface area contributed by atoms with Crippen LogP contribution in [0.4, 0.5) is 0 Å². The van der Waals surface area contributed by atoms with Gasteiger partial charge in [-0.05, 0) is 37.3 Å². The standard InChI is InChI=1S/C15H23N/c1-4-15(5-2)16-9-8-13-7-6-12(3)10-14(13)11-16/h6-7,10,15H,4-5,8-9,11H2,1-3H3. The first-order chi connectivity index (χ1) is 7.74. The lowest BCUT2D eigenvalue weighted by atomic mass is 9.96. The maximum Gasteiger partial charge on any atom is 0.0239 e. The minimum atomic E-state index is 0.772. The van der Waals surface area contributed by atoms with Crippen LogP contribution >= 0.6 is 0 Å². The zero-order chi connectivity index (χ0) is 11.5. The predicted molar refractivity (Wildman–Crippen MR) is 69.7 cm³/mol. The SMILES string of the molecule is CCC(CC)N1CCc2ccc(C)cc2C1. The molecule has 1 nitrogen and oxygen atoms in total. The summed E-state index contributed by atoms with van der Waals surface area (Å²) < 4.78 is 0. The lowest BCUT2D eigenvalue weighted by Crippen LogP contribution is -2.38. The van der Waals surface area contributed by atoms with E-state index in [9.17, 15) is 0 Å². The van der Waals surface area contributed by atoms with Gasteiger partial charge in [0.25, 0.3) is 0 Å². The van der Waals surface area contributed by atoms with Gasteiger partial charge in [-0.3, -0.25) is 4.90 Å². The molecule has 0 fully saturated rings. The van der Waals surface area contributed by atoms with Gasteiger partial charge >= 0.3 is 0 Å². The Morgan fingerprint density at radius 2 is 1.94 bits per heavy atom. The second kappa shape index (κ2) is 5.01. The van der Waals surface area contributed by atoms with Crippen LogP contribution in [-0.2, 0) is 13.0 Å². The first kappa shape index (κ1) is 11.7. The average molecular weight is 217 g/mol. The third-order valence-corrected chi connectivity index (χ3v) is 3.86. The normalized spacial score (nSPS) is 16.5. The van der Waals surface area contributed by atoms with Crippen LogP contribution in [0.1, 0.15) is 43.4 Å². The van der Waals surface area contributed by atoms with E-state index in [0.717, 1.165) is 12.6 Å². The van der Waals surface area contributed by atoms with Crippen molar-refractivity contribution in [3.63, 3.8) is 0 Å². The summed E-state index contributed by atoms with van der Waals surface area (Å²) in [5.41, 5.74) is 4.51. The van der Waals surface area contributed by atoms with Gasteiger partial charge in [-0.25, -0.2) is 0 Å². The van der Waals surface area contributed by atoms with Gasteiger partial charge in [0, 0.05) is 19.1 Å². The van der Waals surface area contributed by atoms with Gasteiger partial charge in [-0.15, -0.1) is 0 Å². The van der Waals surface area contributed by atoms with Crippen LogP contribution in [0.15, 0.2) is 18.2 Å². The highest BCUT2D eigenvalue weighted by molar-refractivity contribution is 5.33. The van der Waals surface area contributed by atoms with Gasteiger partial charge in [0.15, 0.2) is 0 Å². The zero-order valence-corrected chi connectivity index (χ0v) is 10.8. The molecule has 0 atom stereocenters. The van der Waals surface area contributed by atoms with Crippen LogP contribution in [0.3, 0.4) is 0 Å². The highest BCUT2D eigenvalue weighted by atomic mass is 15.2. The largest absolute Gasteiger partial charge is 0.296 e. The Hall–Kier alpha value is -0.820. The van der Waals surface area contributed by atoms with E-state index in [1.807, 2.05) is 0 Å². The molecule has 1 heterocycles. The molecule has 0 aliphatic carbocycles. The van der Waals surface area contributed by atoms with Gasteiger partial charge in [0.05, 0.1) is 0 Å². The van der Waals surface area contributed by atoms with Crippen molar-refractivity contribution in [1.29, 1.82) is 0 Å². The molecule has 1 aromatic rings. The molecule has 0 aromatic heterocycles. The maximum atomic E-state index is 2.65. The second-order valence-electron chi connectivity index (χ2n) is 4.96. The summed E-state index contributed by atoms with van der Waals surface area (Å²) >= 11 is 0. The van der Waals surface area contributed by atoms with Gasteiger partial charge in [0.2, 0.25) is 0 Å². The molecule has 0 radical (unpaired) electrons. The predicted octanol–water partition coefficient (Wildman–Crippen LogP) is 3.54. The fourth-order valence-electron chi connectivity index (χ4n) is 2.82. The quantitative estimate of drug-likeness (QED) is 0.748. The molecule has 1 aliphatic heterocycles. The summed E-state index contributed by atoms with van der Waals surface area (Å²) in [4.78, 5) is 2.65. The van der Waals surface area contributed by atoms with Crippen molar-refractivity contribution in [3.05, 3.63) is 34.9 Å². The van der Waals surface area contributed by atoms with Gasteiger partial charge in [-0.1, -0.05) is 37.6 Å². The molecule has 16 heavy (non-hydrogen) atoms. The van der Waals surface area contributed by atoms with Gasteiger partial charge in [0.1, 0.15) is 0 Å². The van der Waals surface area contributed by atoms with Crippen molar-refractivity contribution in [2.75, 3.05) is 6.54 Å². The topological polar surface area (TPSA) is 3.24 Å². The van der Waals surface area contributed by atoms with Crippen molar-refractivity contribution >= 4 is 0 Å². The minimum absolute atomic E-state index is 0.772. The Morgan fingerprint density at radius 1 is 1.19 bits per heavy atom. The van der Waals surface area contributed by atoms with E-state index in [-0.39, 0.29) is 0 Å². The third kappa shape index (κ3) is 2.30. The van der Waals surface area contributed by atoms with Crippen LogP contribution < -0.4 is 0 Å². The molecule has 0 spiro atoms. The van der Waals surface area contributed by atoms with Crippen molar-refractivity contribution < 1.29 is 0 Å². The van der Waals surface area contributed by atoms with E-state index in [2.05, 4.69) is 43.9 Å². The molecule has 0 saturated heterocycles. The number of benzene rings is 1. The van der Waals surface area contributed by atoms with E-state index >= 15 is 0 Å². The number of fused-ring (bicyclic) bond motifs is 1. The minimum Gasteiger partial charge on any atom is -0.296 e. The number of aryl methyl sites for hydroxylation is 1. The summed E-state index contributed by atoms with van der Waals surface area (Å²) in [6.45, 7) is 9.20. The smallest absolute Gasteiger partial charge is 0.0239 e. The Morgan fingerprint density at radius 3 is 2.62 bits per heavy atom. The molecular formula is C15H23N. The first-order valence-electron chi connectivity index (χ1n) is 6.57. The molecule has 1 aromatic carbocycles. The van der Waals surface area contributed by atoms with Crippen LogP contribution in [0.25, 0.3) is 0 Å². The monoisotopic (exact) mass is 217 g/mol. The number of rotatable bonds is 3. The number of hydrogen-bond donors (Lipinski definition) is 0. The molecule has 0 saturated carbocycles. The van der Waals surface area contributed by atoms with Gasteiger partial charge < -0.3 is 0 Å². The molecule has 88 valence electrons. The molecule has 0 unspecified atom stereocenters. The third-order valence-electron chi connectivity index (χ3n) is 3.86. The fraction of sp³-hybridized carbons (Fsp3) is 0.600. The number of hydrogen-bond acceptors (Lipinski definition) is 1.